The fraction of sp³-hybridized carbons (Fsp3) is 0.250. The lowest BCUT2D eigenvalue weighted by Gasteiger charge is -2.07. The Morgan fingerprint density at radius 1 is 1.25 bits per heavy atom. The van der Waals surface area contributed by atoms with Gasteiger partial charge >= 0.3 is 0 Å². The van der Waals surface area contributed by atoms with Gasteiger partial charge in [-0.25, -0.2) is 4.98 Å². The highest BCUT2D eigenvalue weighted by atomic mass is 32.1. The maximum Gasteiger partial charge on any atom is 0.269 e. The number of nitrogens with zero attached hydrogens (tertiary/aromatic N) is 3. The number of hydrogen-bond acceptors (Lipinski definition) is 5. The van der Waals surface area contributed by atoms with Gasteiger partial charge in [-0.15, -0.1) is 11.3 Å². The van der Waals surface area contributed by atoms with Crippen molar-refractivity contribution in [2.75, 3.05) is 11.9 Å². The number of carbonyl (C=O) groups excluding carboxylic acids is 2. The second kappa shape index (κ2) is 6.40. The van der Waals surface area contributed by atoms with Gasteiger partial charge in [-0.2, -0.15) is 5.10 Å². The minimum absolute atomic E-state index is 0.108. The second-order valence-electron chi connectivity index (χ2n) is 5.44. The van der Waals surface area contributed by atoms with Gasteiger partial charge in [-0.1, -0.05) is 0 Å². The zero-order chi connectivity index (χ0) is 17.3. The highest BCUT2D eigenvalue weighted by Crippen LogP contribution is 2.24. The first-order valence-corrected chi connectivity index (χ1v) is 8.20. The van der Waals surface area contributed by atoms with E-state index >= 15 is 0 Å². The third-order valence-corrected chi connectivity index (χ3v) is 4.36. The number of anilines is 1. The van der Waals surface area contributed by atoms with Crippen LogP contribution in [0.3, 0.4) is 0 Å². The third kappa shape index (κ3) is 3.43. The van der Waals surface area contributed by atoms with Crippen LogP contribution in [0, 0.1) is 13.8 Å². The first-order valence-electron chi connectivity index (χ1n) is 7.38. The molecule has 0 saturated heterocycles. The molecular formula is C16H17N5O2S. The molecule has 2 heterocycles. The van der Waals surface area contributed by atoms with Crippen LogP contribution < -0.4 is 10.6 Å². The summed E-state index contributed by atoms with van der Waals surface area (Å²) in [6.07, 6.45) is 0. The minimum atomic E-state index is -0.332. The quantitative estimate of drug-likeness (QED) is 0.758. The summed E-state index contributed by atoms with van der Waals surface area (Å²) in [6, 6.07) is 7.22. The summed E-state index contributed by atoms with van der Waals surface area (Å²) in [5, 5.41) is 10.5. The number of aromatic nitrogens is 3. The number of thiazole rings is 1. The molecule has 0 aliphatic carbocycles. The lowest BCUT2D eigenvalue weighted by atomic mass is 10.3. The molecule has 0 aliphatic rings. The molecule has 0 bridgehead atoms. The van der Waals surface area contributed by atoms with Crippen LogP contribution in [-0.2, 0) is 11.8 Å². The molecule has 1 aromatic carbocycles. The summed E-state index contributed by atoms with van der Waals surface area (Å²) >= 11 is 1.57. The molecule has 0 atom stereocenters. The number of hydrogen-bond donors (Lipinski definition) is 2. The van der Waals surface area contributed by atoms with Crippen LogP contribution in [-0.4, -0.2) is 33.1 Å². The van der Waals surface area contributed by atoms with E-state index in [1.165, 1.54) is 4.68 Å². The molecule has 3 rings (SSSR count). The normalized spacial score (nSPS) is 10.8. The molecule has 124 valence electrons. The molecule has 2 N–H and O–H groups in total. The predicted molar refractivity (Wildman–Crippen MR) is 93.3 cm³/mol. The summed E-state index contributed by atoms with van der Waals surface area (Å²) in [5.74, 6) is -0.621. The monoisotopic (exact) mass is 343 g/mol. The molecule has 0 saturated carbocycles. The van der Waals surface area contributed by atoms with E-state index in [2.05, 4.69) is 20.7 Å². The Balaban J connectivity index is 1.60. The van der Waals surface area contributed by atoms with Crippen LogP contribution in [0.1, 0.15) is 21.2 Å². The number of aryl methyl sites for hydroxylation is 3. The van der Waals surface area contributed by atoms with Gasteiger partial charge in [0.1, 0.15) is 5.69 Å². The molecule has 2 amide bonds. The molecular weight excluding hydrogens is 326 g/mol. The fourth-order valence-corrected chi connectivity index (χ4v) is 3.26. The molecule has 0 unspecified atom stereocenters. The highest BCUT2D eigenvalue weighted by molar-refractivity contribution is 7.18. The molecule has 0 spiro atoms. The molecule has 0 fully saturated rings. The third-order valence-electron chi connectivity index (χ3n) is 3.42. The maximum atomic E-state index is 12.1. The molecule has 24 heavy (non-hydrogen) atoms. The Morgan fingerprint density at radius 2 is 2.04 bits per heavy atom. The van der Waals surface area contributed by atoms with E-state index < -0.39 is 0 Å². The van der Waals surface area contributed by atoms with Gasteiger partial charge < -0.3 is 10.6 Å². The second-order valence-corrected chi connectivity index (χ2v) is 6.68. The van der Waals surface area contributed by atoms with Gasteiger partial charge in [0.05, 0.1) is 27.5 Å². The molecule has 2 aromatic heterocycles. The molecule has 3 aromatic rings. The van der Waals surface area contributed by atoms with E-state index in [1.807, 2.05) is 19.1 Å². The molecule has 7 nitrogen and oxygen atoms in total. The molecule has 8 heteroatoms. The van der Waals surface area contributed by atoms with Crippen molar-refractivity contribution in [1.29, 1.82) is 0 Å². The van der Waals surface area contributed by atoms with Gasteiger partial charge in [0, 0.05) is 12.7 Å². The standard InChI is InChI=1S/C16H17N5O2S/c1-9-6-13(21(3)20-9)16(23)17-8-15(22)19-11-4-5-12-14(7-11)24-10(2)18-12/h4-7H,8H2,1-3H3,(H,17,23)(H,19,22). The smallest absolute Gasteiger partial charge is 0.269 e. The van der Waals surface area contributed by atoms with Crippen molar-refractivity contribution in [3.8, 4) is 0 Å². The van der Waals surface area contributed by atoms with Gasteiger partial charge in [0.2, 0.25) is 5.91 Å². The van der Waals surface area contributed by atoms with Crippen molar-refractivity contribution in [2.45, 2.75) is 13.8 Å². The Labute approximate surface area is 142 Å². The Hall–Kier alpha value is -2.74. The van der Waals surface area contributed by atoms with Crippen LogP contribution in [0.2, 0.25) is 0 Å². The van der Waals surface area contributed by atoms with E-state index in [1.54, 1.807) is 37.4 Å². The summed E-state index contributed by atoms with van der Waals surface area (Å²) < 4.78 is 2.50. The summed E-state index contributed by atoms with van der Waals surface area (Å²) in [5.41, 5.74) is 2.76. The van der Waals surface area contributed by atoms with Crippen molar-refractivity contribution in [2.24, 2.45) is 7.05 Å². The van der Waals surface area contributed by atoms with Crippen LogP contribution in [0.5, 0.6) is 0 Å². The van der Waals surface area contributed by atoms with Crippen LogP contribution in [0.4, 0.5) is 5.69 Å². The Bertz CT molecular complexity index is 928. The van der Waals surface area contributed by atoms with E-state index in [-0.39, 0.29) is 18.4 Å². The van der Waals surface area contributed by atoms with E-state index in [9.17, 15) is 9.59 Å². The van der Waals surface area contributed by atoms with E-state index in [0.717, 1.165) is 20.9 Å². The van der Waals surface area contributed by atoms with Crippen molar-refractivity contribution < 1.29 is 9.59 Å². The van der Waals surface area contributed by atoms with Gasteiger partial charge in [0.15, 0.2) is 0 Å². The average molecular weight is 343 g/mol. The van der Waals surface area contributed by atoms with Gasteiger partial charge in [-0.05, 0) is 38.1 Å². The van der Waals surface area contributed by atoms with Crippen molar-refractivity contribution in [1.82, 2.24) is 20.1 Å². The first kappa shape index (κ1) is 16.1. The SMILES string of the molecule is Cc1cc(C(=O)NCC(=O)Nc2ccc3nc(C)sc3c2)n(C)n1. The largest absolute Gasteiger partial charge is 0.342 e. The fourth-order valence-electron chi connectivity index (χ4n) is 2.40. The Kier molecular flexibility index (Phi) is 4.30. The number of benzene rings is 1. The van der Waals surface area contributed by atoms with Gasteiger partial charge in [0.25, 0.3) is 5.91 Å². The van der Waals surface area contributed by atoms with Crippen molar-refractivity contribution >= 4 is 39.1 Å². The van der Waals surface area contributed by atoms with Crippen LogP contribution in [0.15, 0.2) is 24.3 Å². The van der Waals surface area contributed by atoms with Crippen molar-refractivity contribution in [3.05, 3.63) is 40.7 Å². The van der Waals surface area contributed by atoms with Crippen molar-refractivity contribution in [3.63, 3.8) is 0 Å². The number of fused-ring (bicyclic) bond motifs is 1. The van der Waals surface area contributed by atoms with E-state index in [4.69, 9.17) is 0 Å². The average Bonchev–Trinajstić information content (AvgIpc) is 3.05. The van der Waals surface area contributed by atoms with Gasteiger partial charge in [-0.3, -0.25) is 14.3 Å². The highest BCUT2D eigenvalue weighted by Gasteiger charge is 2.13. The number of rotatable bonds is 4. The summed E-state index contributed by atoms with van der Waals surface area (Å²) in [6.45, 7) is 3.64. The summed E-state index contributed by atoms with van der Waals surface area (Å²) in [7, 11) is 1.69. The maximum absolute atomic E-state index is 12.1. The predicted octanol–water partition coefficient (Wildman–Crippen LogP) is 2.02. The summed E-state index contributed by atoms with van der Waals surface area (Å²) in [4.78, 5) is 28.5. The minimum Gasteiger partial charge on any atom is -0.342 e. The first-order chi connectivity index (χ1) is 11.4. The zero-order valence-corrected chi connectivity index (χ0v) is 14.4. The topological polar surface area (TPSA) is 88.9 Å². The molecule has 0 radical (unpaired) electrons. The van der Waals surface area contributed by atoms with E-state index in [0.29, 0.717) is 11.4 Å². The Morgan fingerprint density at radius 3 is 2.75 bits per heavy atom. The lowest BCUT2D eigenvalue weighted by molar-refractivity contribution is -0.115. The number of carbonyl (C=O) groups is 2. The number of nitrogens with one attached hydrogen (secondary N) is 2. The lowest BCUT2D eigenvalue weighted by Crippen LogP contribution is -2.33. The zero-order valence-electron chi connectivity index (χ0n) is 13.6. The number of amides is 2. The van der Waals surface area contributed by atoms with Crippen LogP contribution in [0.25, 0.3) is 10.2 Å². The molecule has 0 aliphatic heterocycles. The van der Waals surface area contributed by atoms with Crippen LogP contribution >= 0.6 is 11.3 Å².